The van der Waals surface area contributed by atoms with Crippen molar-refractivity contribution in [1.29, 1.82) is 0 Å². The second kappa shape index (κ2) is 11.8. The maximum Gasteiger partial charge on any atom is 0.365 e. The van der Waals surface area contributed by atoms with Gasteiger partial charge in [0.25, 0.3) is 0 Å². The molecule has 0 spiro atoms. The molecule has 0 heterocycles. The molecule has 0 aliphatic rings. The zero-order chi connectivity index (χ0) is 22.0. The fourth-order valence-electron chi connectivity index (χ4n) is 2.98. The van der Waals surface area contributed by atoms with Crippen LogP contribution in [0.25, 0.3) is 11.1 Å². The highest BCUT2D eigenvalue weighted by Crippen LogP contribution is 2.70. The molecule has 2 rings (SSSR count). The lowest BCUT2D eigenvalue weighted by Crippen LogP contribution is -2.25. The Morgan fingerprint density at radius 1 is 0.700 bits per heavy atom. The van der Waals surface area contributed by atoms with Crippen molar-refractivity contribution in [2.24, 2.45) is 0 Å². The number of hydrogen-bond acceptors (Lipinski definition) is 7. The van der Waals surface area contributed by atoms with E-state index in [9.17, 15) is 9.13 Å². The van der Waals surface area contributed by atoms with Crippen molar-refractivity contribution in [3.63, 3.8) is 0 Å². The highest BCUT2D eigenvalue weighted by Gasteiger charge is 2.51. The van der Waals surface area contributed by atoms with E-state index in [0.717, 1.165) is 11.1 Å². The Morgan fingerprint density at radius 3 is 1.63 bits per heavy atom. The van der Waals surface area contributed by atoms with Gasteiger partial charge >= 0.3 is 15.2 Å². The van der Waals surface area contributed by atoms with Crippen molar-refractivity contribution < 1.29 is 27.2 Å². The summed E-state index contributed by atoms with van der Waals surface area (Å²) in [6.45, 7) is 7.29. The molecule has 0 atom stereocenters. The van der Waals surface area contributed by atoms with Crippen LogP contribution in [0.1, 0.15) is 27.7 Å². The molecule has 0 unspecified atom stereocenters. The van der Waals surface area contributed by atoms with E-state index in [2.05, 4.69) is 5.32 Å². The largest absolute Gasteiger partial charge is 0.365 e. The number of benzene rings is 2. The molecule has 7 nitrogen and oxygen atoms in total. The van der Waals surface area contributed by atoms with E-state index < -0.39 is 20.7 Å². The Balaban J connectivity index is 2.49. The lowest BCUT2D eigenvalue weighted by atomic mass is 10.1. The van der Waals surface area contributed by atoms with Crippen molar-refractivity contribution in [3.8, 4) is 11.1 Å². The third kappa shape index (κ3) is 6.27. The summed E-state index contributed by atoms with van der Waals surface area (Å²) in [7, 11) is -7.77. The van der Waals surface area contributed by atoms with Crippen molar-refractivity contribution in [1.82, 2.24) is 0 Å². The van der Waals surface area contributed by atoms with E-state index in [4.69, 9.17) is 18.1 Å². The average molecular weight is 455 g/mol. The molecular weight excluding hydrogens is 424 g/mol. The van der Waals surface area contributed by atoms with Crippen LogP contribution in [0.5, 0.6) is 0 Å². The quantitative estimate of drug-likeness (QED) is 0.342. The van der Waals surface area contributed by atoms with Gasteiger partial charge < -0.3 is 23.4 Å². The third-order valence-corrected chi connectivity index (χ3v) is 9.73. The smallest absolute Gasteiger partial charge is 0.362 e. The molecule has 9 heteroatoms. The summed E-state index contributed by atoms with van der Waals surface area (Å²) in [5.41, 5.74) is 1.26. The summed E-state index contributed by atoms with van der Waals surface area (Å²) >= 11 is 0. The number of nitrogens with one attached hydrogen (secondary N) is 1. The molecule has 0 amide bonds. The van der Waals surface area contributed by atoms with Crippen molar-refractivity contribution in [2.75, 3.05) is 31.7 Å². The van der Waals surface area contributed by atoms with E-state index in [0.29, 0.717) is 5.69 Å². The molecule has 0 fully saturated rings. The summed E-state index contributed by atoms with van der Waals surface area (Å²) in [4.78, 5) is 0. The van der Waals surface area contributed by atoms with Gasteiger partial charge in [0.15, 0.2) is 0 Å². The second-order valence-electron chi connectivity index (χ2n) is 6.22. The first-order valence-electron chi connectivity index (χ1n) is 10.1. The molecule has 0 radical (unpaired) electrons. The lowest BCUT2D eigenvalue weighted by Gasteiger charge is -2.32. The number of rotatable bonds is 13. The predicted octanol–water partition coefficient (Wildman–Crippen LogP) is 6.58. The fraction of sp³-hybridized carbons (Fsp3) is 0.429. The predicted molar refractivity (Wildman–Crippen MR) is 121 cm³/mol. The van der Waals surface area contributed by atoms with Gasteiger partial charge in [0, 0.05) is 5.69 Å². The fourth-order valence-corrected chi connectivity index (χ4v) is 7.93. The maximum atomic E-state index is 13.6. The molecule has 1 N–H and O–H groups in total. The van der Waals surface area contributed by atoms with Gasteiger partial charge in [-0.1, -0.05) is 42.5 Å². The van der Waals surface area contributed by atoms with Crippen LogP contribution in [0.2, 0.25) is 0 Å². The van der Waals surface area contributed by atoms with Gasteiger partial charge in [0.05, 0.1) is 26.4 Å². The van der Waals surface area contributed by atoms with Gasteiger partial charge in [-0.2, -0.15) is 0 Å². The Labute approximate surface area is 179 Å². The first-order chi connectivity index (χ1) is 14.4. The normalized spacial score (nSPS) is 12.3. The molecule has 30 heavy (non-hydrogen) atoms. The Morgan fingerprint density at radius 2 is 1.17 bits per heavy atom. The highest BCUT2D eigenvalue weighted by atomic mass is 31.2. The summed E-state index contributed by atoms with van der Waals surface area (Å²) in [6.07, 6.45) is 0. The first kappa shape index (κ1) is 24.8. The van der Waals surface area contributed by atoms with Crippen molar-refractivity contribution >= 4 is 20.9 Å². The van der Waals surface area contributed by atoms with Crippen LogP contribution in [0, 0.1) is 0 Å². The standard InChI is InChI=1S/C21H31NO6P2/c1-5-25-29(23,26-6-2)21(30(24,27-7-3)28-8-4)22-20-16-12-15-19(17-20)18-13-10-9-11-14-18/h9-17,21-22H,5-8H2,1-4H3. The minimum atomic E-state index is -3.89. The van der Waals surface area contributed by atoms with Crippen molar-refractivity contribution in [2.45, 2.75) is 33.2 Å². The molecule has 166 valence electrons. The topological polar surface area (TPSA) is 83.1 Å². The Kier molecular flexibility index (Phi) is 9.76. The second-order valence-corrected chi connectivity index (χ2v) is 10.8. The Bertz CT molecular complexity index is 827. The van der Waals surface area contributed by atoms with Gasteiger partial charge in [0.1, 0.15) is 0 Å². The summed E-state index contributed by atoms with van der Waals surface area (Å²) < 4.78 is 49.2. The van der Waals surface area contributed by atoms with Crippen molar-refractivity contribution in [3.05, 3.63) is 54.6 Å². The Hall–Kier alpha value is -1.46. The van der Waals surface area contributed by atoms with Gasteiger partial charge in [-0.3, -0.25) is 9.13 Å². The molecule has 0 aromatic heterocycles. The monoisotopic (exact) mass is 455 g/mol. The number of hydrogen-bond donors (Lipinski definition) is 1. The van der Waals surface area contributed by atoms with Crippen LogP contribution in [0.15, 0.2) is 54.6 Å². The maximum absolute atomic E-state index is 13.6. The summed E-state index contributed by atoms with van der Waals surface area (Å²) in [5.74, 6) is 0. The minimum Gasteiger partial charge on any atom is -0.362 e. The van der Waals surface area contributed by atoms with Crippen LogP contribution >= 0.6 is 15.2 Å². The highest BCUT2D eigenvalue weighted by molar-refractivity contribution is 7.72. The van der Waals surface area contributed by atoms with E-state index in [-0.39, 0.29) is 26.4 Å². The molecule has 0 saturated carbocycles. The van der Waals surface area contributed by atoms with Gasteiger partial charge in [-0.05, 0) is 51.0 Å². The van der Waals surface area contributed by atoms with E-state index in [1.54, 1.807) is 33.8 Å². The minimum absolute atomic E-state index is 0.123. The molecule has 0 bridgehead atoms. The zero-order valence-electron chi connectivity index (χ0n) is 17.9. The SMILES string of the molecule is CCOP(=O)(OCC)C(Nc1cccc(-c2ccccc2)c1)P(=O)(OCC)OCC. The van der Waals surface area contributed by atoms with Crippen LogP contribution in [-0.4, -0.2) is 32.0 Å². The zero-order valence-corrected chi connectivity index (χ0v) is 19.7. The lowest BCUT2D eigenvalue weighted by molar-refractivity contribution is 0.198. The van der Waals surface area contributed by atoms with Gasteiger partial charge in [-0.25, -0.2) is 0 Å². The molecule has 2 aromatic rings. The molecule has 0 aliphatic carbocycles. The van der Waals surface area contributed by atoms with E-state index in [1.165, 1.54) is 0 Å². The van der Waals surface area contributed by atoms with Gasteiger partial charge in [-0.15, -0.1) is 0 Å². The number of anilines is 1. The van der Waals surface area contributed by atoms with E-state index >= 15 is 0 Å². The van der Waals surface area contributed by atoms with Crippen LogP contribution in [0.3, 0.4) is 0 Å². The molecule has 2 aromatic carbocycles. The summed E-state index contributed by atoms with van der Waals surface area (Å²) in [5, 5.41) is 3.08. The summed E-state index contributed by atoms with van der Waals surface area (Å²) in [6, 6.07) is 17.3. The molecule has 0 aliphatic heterocycles. The molecule has 0 saturated heterocycles. The van der Waals surface area contributed by atoms with Crippen LogP contribution in [0.4, 0.5) is 5.69 Å². The third-order valence-electron chi connectivity index (χ3n) is 4.10. The average Bonchev–Trinajstić information content (AvgIpc) is 2.73. The molecular formula is C21H31NO6P2. The van der Waals surface area contributed by atoms with Crippen LogP contribution in [-0.2, 0) is 27.2 Å². The van der Waals surface area contributed by atoms with E-state index in [1.807, 2.05) is 48.5 Å². The van der Waals surface area contributed by atoms with Crippen LogP contribution < -0.4 is 5.32 Å². The van der Waals surface area contributed by atoms with Gasteiger partial charge in [0.2, 0.25) is 5.52 Å². The first-order valence-corrected chi connectivity index (χ1v) is 13.3.